The highest BCUT2D eigenvalue weighted by Gasteiger charge is 2.44. The van der Waals surface area contributed by atoms with E-state index in [0.717, 1.165) is 9.87 Å². The minimum absolute atomic E-state index is 0.0807. The molecule has 1 aliphatic rings. The van der Waals surface area contributed by atoms with Crippen LogP contribution in [0.3, 0.4) is 0 Å². The van der Waals surface area contributed by atoms with Gasteiger partial charge in [-0.05, 0) is 31.9 Å². The molecule has 1 aliphatic heterocycles. The Balaban J connectivity index is 2.08. The Bertz CT molecular complexity index is 645. The van der Waals surface area contributed by atoms with Crippen molar-refractivity contribution < 1.29 is 26.4 Å². The number of ketones is 1. The number of carbonyl (C=O) groups excluding carboxylic acids is 1. The molecule has 0 radical (unpaired) electrons. The average Bonchev–Trinajstić information content (AvgIpc) is 2.46. The van der Waals surface area contributed by atoms with E-state index in [-0.39, 0.29) is 30.8 Å². The third-order valence-electron chi connectivity index (χ3n) is 3.76. The second-order valence-electron chi connectivity index (χ2n) is 5.35. The summed E-state index contributed by atoms with van der Waals surface area (Å²) in [5.74, 6) is -2.91. The molecule has 0 atom stereocenters. The van der Waals surface area contributed by atoms with Gasteiger partial charge in [0.25, 0.3) is 0 Å². The number of nitrogens with zero attached hydrogens (tertiary/aromatic N) is 1. The van der Waals surface area contributed by atoms with E-state index in [0.29, 0.717) is 0 Å². The molecule has 1 saturated heterocycles. The van der Waals surface area contributed by atoms with Gasteiger partial charge in [-0.15, -0.1) is 0 Å². The standard InChI is InChI=1S/C14H16F3NO3S/c1-10-2-4-12(5-3-10)22(20,21)18-8-6-11(7-9-18)13(19)14(15,16)17/h2-5,11H,6-9H2,1H3. The van der Waals surface area contributed by atoms with Crippen LogP contribution in [0.2, 0.25) is 0 Å². The summed E-state index contributed by atoms with van der Waals surface area (Å²) in [5, 5.41) is 0. The topological polar surface area (TPSA) is 54.5 Å². The lowest BCUT2D eigenvalue weighted by Gasteiger charge is -2.30. The molecule has 0 aromatic heterocycles. The molecule has 0 N–H and O–H groups in total. The summed E-state index contributed by atoms with van der Waals surface area (Å²) in [4.78, 5) is 11.3. The fourth-order valence-electron chi connectivity index (χ4n) is 2.45. The van der Waals surface area contributed by atoms with Crippen LogP contribution in [-0.2, 0) is 14.8 Å². The molecule has 0 spiro atoms. The molecule has 0 saturated carbocycles. The van der Waals surface area contributed by atoms with Crippen LogP contribution in [0.4, 0.5) is 13.2 Å². The highest BCUT2D eigenvalue weighted by Crippen LogP contribution is 2.29. The number of carbonyl (C=O) groups is 1. The molecule has 0 aliphatic carbocycles. The molecule has 22 heavy (non-hydrogen) atoms. The molecule has 1 aromatic rings. The Morgan fingerprint density at radius 2 is 1.64 bits per heavy atom. The van der Waals surface area contributed by atoms with Gasteiger partial charge in [0, 0.05) is 19.0 Å². The number of sulfonamides is 1. The van der Waals surface area contributed by atoms with Gasteiger partial charge in [0.05, 0.1) is 4.90 Å². The van der Waals surface area contributed by atoms with Crippen molar-refractivity contribution in [2.45, 2.75) is 30.8 Å². The van der Waals surface area contributed by atoms with E-state index in [1.165, 1.54) is 12.1 Å². The maximum atomic E-state index is 12.4. The number of hydrogen-bond donors (Lipinski definition) is 0. The first kappa shape index (κ1) is 17.0. The fraction of sp³-hybridized carbons (Fsp3) is 0.500. The van der Waals surface area contributed by atoms with Crippen molar-refractivity contribution in [2.75, 3.05) is 13.1 Å². The van der Waals surface area contributed by atoms with Crippen molar-refractivity contribution in [3.63, 3.8) is 0 Å². The van der Waals surface area contributed by atoms with E-state index in [1.54, 1.807) is 12.1 Å². The molecule has 0 bridgehead atoms. The molecule has 0 unspecified atom stereocenters. The van der Waals surface area contributed by atoms with Crippen molar-refractivity contribution >= 4 is 15.8 Å². The maximum Gasteiger partial charge on any atom is 0.450 e. The Morgan fingerprint density at radius 3 is 2.09 bits per heavy atom. The third-order valence-corrected chi connectivity index (χ3v) is 5.68. The zero-order chi connectivity index (χ0) is 16.5. The predicted molar refractivity (Wildman–Crippen MR) is 73.7 cm³/mol. The number of alkyl halides is 3. The van der Waals surface area contributed by atoms with Gasteiger partial charge >= 0.3 is 6.18 Å². The molecule has 0 amide bonds. The predicted octanol–water partition coefficient (Wildman–Crippen LogP) is 2.53. The lowest BCUT2D eigenvalue weighted by Crippen LogP contribution is -2.42. The molecule has 1 aromatic carbocycles. The molecule has 1 fully saturated rings. The first-order valence-corrected chi connectivity index (χ1v) is 8.24. The Hall–Kier alpha value is -1.41. The van der Waals surface area contributed by atoms with Gasteiger partial charge in [-0.3, -0.25) is 4.79 Å². The van der Waals surface area contributed by atoms with Crippen LogP contribution in [0, 0.1) is 12.8 Å². The summed E-state index contributed by atoms with van der Waals surface area (Å²) >= 11 is 0. The number of rotatable bonds is 3. The Labute approximate surface area is 127 Å². The summed E-state index contributed by atoms with van der Waals surface area (Å²) in [6.45, 7) is 1.66. The average molecular weight is 335 g/mol. The van der Waals surface area contributed by atoms with Crippen molar-refractivity contribution in [1.29, 1.82) is 0 Å². The SMILES string of the molecule is Cc1ccc(S(=O)(=O)N2CCC(C(=O)C(F)(F)F)CC2)cc1. The summed E-state index contributed by atoms with van der Waals surface area (Å²) in [5.41, 5.74) is 0.911. The second kappa shape index (κ2) is 6.00. The minimum atomic E-state index is -4.86. The molecule has 1 heterocycles. The smallest absolute Gasteiger partial charge is 0.289 e. The number of piperidine rings is 1. The van der Waals surface area contributed by atoms with E-state index in [2.05, 4.69) is 0 Å². The van der Waals surface area contributed by atoms with Crippen molar-refractivity contribution in [2.24, 2.45) is 5.92 Å². The lowest BCUT2D eigenvalue weighted by atomic mass is 9.93. The van der Waals surface area contributed by atoms with Gasteiger partial charge in [0.2, 0.25) is 15.8 Å². The number of halogens is 3. The van der Waals surface area contributed by atoms with E-state index in [9.17, 15) is 26.4 Å². The van der Waals surface area contributed by atoms with Crippen LogP contribution in [0.5, 0.6) is 0 Å². The number of hydrogen-bond acceptors (Lipinski definition) is 3. The van der Waals surface area contributed by atoms with Gasteiger partial charge in [-0.1, -0.05) is 17.7 Å². The molecule has 2 rings (SSSR count). The summed E-state index contributed by atoms with van der Waals surface area (Å²) in [6.07, 6.45) is -5.07. The number of aryl methyl sites for hydroxylation is 1. The van der Waals surface area contributed by atoms with Crippen LogP contribution in [-0.4, -0.2) is 37.8 Å². The molecule has 122 valence electrons. The highest BCUT2D eigenvalue weighted by molar-refractivity contribution is 7.89. The quantitative estimate of drug-likeness (QED) is 0.853. The van der Waals surface area contributed by atoms with E-state index in [1.807, 2.05) is 6.92 Å². The maximum absolute atomic E-state index is 12.4. The van der Waals surface area contributed by atoms with Crippen molar-refractivity contribution in [3.05, 3.63) is 29.8 Å². The van der Waals surface area contributed by atoms with Crippen molar-refractivity contribution in [1.82, 2.24) is 4.31 Å². The normalized spacial score (nSPS) is 18.4. The minimum Gasteiger partial charge on any atom is -0.289 e. The Morgan fingerprint density at radius 1 is 1.14 bits per heavy atom. The number of Topliss-reactive ketones (excluding diaryl/α,β-unsaturated/α-hetero) is 1. The zero-order valence-corrected chi connectivity index (χ0v) is 12.7. The summed E-state index contributed by atoms with van der Waals surface area (Å²) < 4.78 is 63.1. The molecular formula is C14H16F3NO3S. The van der Waals surface area contributed by atoms with Crippen LogP contribution in [0.15, 0.2) is 29.2 Å². The van der Waals surface area contributed by atoms with Crippen LogP contribution in [0.25, 0.3) is 0 Å². The summed E-state index contributed by atoms with van der Waals surface area (Å²) in [6, 6.07) is 6.26. The largest absolute Gasteiger partial charge is 0.450 e. The second-order valence-corrected chi connectivity index (χ2v) is 7.29. The van der Waals surface area contributed by atoms with Gasteiger partial charge in [-0.25, -0.2) is 8.42 Å². The van der Waals surface area contributed by atoms with Gasteiger partial charge < -0.3 is 0 Å². The van der Waals surface area contributed by atoms with Gasteiger partial charge in [0.1, 0.15) is 0 Å². The van der Waals surface area contributed by atoms with E-state index >= 15 is 0 Å². The molecular weight excluding hydrogens is 319 g/mol. The monoisotopic (exact) mass is 335 g/mol. The number of benzene rings is 1. The third kappa shape index (κ3) is 3.49. The van der Waals surface area contributed by atoms with Crippen LogP contribution < -0.4 is 0 Å². The molecule has 4 nitrogen and oxygen atoms in total. The first-order chi connectivity index (χ1) is 10.1. The van der Waals surface area contributed by atoms with Gasteiger partial charge in [-0.2, -0.15) is 17.5 Å². The van der Waals surface area contributed by atoms with Gasteiger partial charge in [0.15, 0.2) is 0 Å². The Kier molecular flexibility index (Phi) is 4.62. The lowest BCUT2D eigenvalue weighted by molar-refractivity contribution is -0.176. The zero-order valence-electron chi connectivity index (χ0n) is 11.9. The first-order valence-electron chi connectivity index (χ1n) is 6.80. The van der Waals surface area contributed by atoms with Crippen molar-refractivity contribution in [3.8, 4) is 0 Å². The summed E-state index contributed by atoms with van der Waals surface area (Å²) in [7, 11) is -3.72. The fourth-order valence-corrected chi connectivity index (χ4v) is 3.92. The molecule has 8 heteroatoms. The van der Waals surface area contributed by atoms with E-state index < -0.39 is 27.9 Å². The van der Waals surface area contributed by atoms with E-state index in [4.69, 9.17) is 0 Å². The van der Waals surface area contributed by atoms with Crippen LogP contribution in [0.1, 0.15) is 18.4 Å². The highest BCUT2D eigenvalue weighted by atomic mass is 32.2. The van der Waals surface area contributed by atoms with Crippen LogP contribution >= 0.6 is 0 Å².